The summed E-state index contributed by atoms with van der Waals surface area (Å²) in [5, 5.41) is 0. The van der Waals surface area contributed by atoms with E-state index in [0.29, 0.717) is 37.8 Å². The summed E-state index contributed by atoms with van der Waals surface area (Å²) in [6, 6.07) is 7.51. The standard InChI is InChI=1S/C19H29N3O4/c1-3-25-16-8-4-5-9-17(16)26-12-11-21(2)19(24)15-7-6-10-22(13-15)14-18(20)23/h4-5,8-9,15H,3,6-7,10-14H2,1-2H3,(H2,20,23). The summed E-state index contributed by atoms with van der Waals surface area (Å²) in [6.07, 6.45) is 1.74. The SMILES string of the molecule is CCOc1ccccc1OCCN(C)C(=O)C1CCCN(CC(N)=O)C1. The summed E-state index contributed by atoms with van der Waals surface area (Å²) >= 11 is 0. The minimum atomic E-state index is -0.354. The molecule has 2 N–H and O–H groups in total. The Bertz CT molecular complexity index is 608. The summed E-state index contributed by atoms with van der Waals surface area (Å²) < 4.78 is 11.3. The number of ether oxygens (including phenoxy) is 2. The molecule has 1 aliphatic rings. The number of rotatable bonds is 9. The van der Waals surface area contributed by atoms with Crippen molar-refractivity contribution in [1.82, 2.24) is 9.80 Å². The summed E-state index contributed by atoms with van der Waals surface area (Å²) in [6.45, 7) is 4.99. The predicted molar refractivity (Wildman–Crippen MR) is 99.1 cm³/mol. The first-order chi connectivity index (χ1) is 12.5. The van der Waals surface area contributed by atoms with E-state index in [1.54, 1.807) is 11.9 Å². The minimum Gasteiger partial charge on any atom is -0.490 e. The topological polar surface area (TPSA) is 85.1 Å². The van der Waals surface area contributed by atoms with E-state index in [0.717, 1.165) is 19.4 Å². The maximum absolute atomic E-state index is 12.6. The molecule has 1 aromatic carbocycles. The van der Waals surface area contributed by atoms with E-state index in [4.69, 9.17) is 15.2 Å². The third-order valence-electron chi connectivity index (χ3n) is 4.44. The average molecular weight is 363 g/mol. The van der Waals surface area contributed by atoms with Crippen LogP contribution in [0.2, 0.25) is 0 Å². The van der Waals surface area contributed by atoms with Gasteiger partial charge in [0.2, 0.25) is 11.8 Å². The Labute approximate surface area is 155 Å². The van der Waals surface area contributed by atoms with Crippen LogP contribution in [-0.2, 0) is 9.59 Å². The van der Waals surface area contributed by atoms with Crippen LogP contribution in [0.3, 0.4) is 0 Å². The van der Waals surface area contributed by atoms with Gasteiger partial charge in [0, 0.05) is 13.6 Å². The number of carbonyl (C=O) groups is 2. The Morgan fingerprint density at radius 1 is 1.27 bits per heavy atom. The van der Waals surface area contributed by atoms with Crippen molar-refractivity contribution < 1.29 is 19.1 Å². The zero-order valence-corrected chi connectivity index (χ0v) is 15.6. The molecular weight excluding hydrogens is 334 g/mol. The number of carbonyl (C=O) groups excluding carboxylic acids is 2. The van der Waals surface area contributed by atoms with Crippen molar-refractivity contribution in [2.45, 2.75) is 19.8 Å². The molecule has 0 spiro atoms. The Morgan fingerprint density at radius 2 is 1.96 bits per heavy atom. The lowest BCUT2D eigenvalue weighted by atomic mass is 9.96. The number of hydrogen-bond acceptors (Lipinski definition) is 5. The van der Waals surface area contributed by atoms with Crippen molar-refractivity contribution in [3.05, 3.63) is 24.3 Å². The Kier molecular flexibility index (Phi) is 7.72. The molecule has 0 radical (unpaired) electrons. The predicted octanol–water partition coefficient (Wildman–Crippen LogP) is 1.12. The number of likely N-dealkylation sites (tertiary alicyclic amines) is 1. The fraction of sp³-hybridized carbons (Fsp3) is 0.579. The number of hydrogen-bond donors (Lipinski definition) is 1. The van der Waals surface area contributed by atoms with E-state index in [9.17, 15) is 9.59 Å². The van der Waals surface area contributed by atoms with Gasteiger partial charge in [-0.1, -0.05) is 12.1 Å². The van der Waals surface area contributed by atoms with E-state index in [-0.39, 0.29) is 24.3 Å². The van der Waals surface area contributed by atoms with Gasteiger partial charge in [-0.2, -0.15) is 0 Å². The highest BCUT2D eigenvalue weighted by Crippen LogP contribution is 2.26. The van der Waals surface area contributed by atoms with Crippen molar-refractivity contribution in [3.8, 4) is 11.5 Å². The molecule has 7 heteroatoms. The molecule has 0 aromatic heterocycles. The number of benzene rings is 1. The van der Waals surface area contributed by atoms with E-state index in [1.807, 2.05) is 36.1 Å². The number of para-hydroxylation sites is 2. The molecule has 1 atom stereocenters. The third-order valence-corrected chi connectivity index (χ3v) is 4.44. The molecule has 2 rings (SSSR count). The molecule has 1 aromatic rings. The van der Waals surface area contributed by atoms with Gasteiger partial charge in [0.25, 0.3) is 0 Å². The number of likely N-dealkylation sites (N-methyl/N-ethyl adjacent to an activating group) is 1. The van der Waals surface area contributed by atoms with Crippen LogP contribution in [0.5, 0.6) is 11.5 Å². The zero-order valence-electron chi connectivity index (χ0n) is 15.6. The first-order valence-corrected chi connectivity index (χ1v) is 9.11. The highest BCUT2D eigenvalue weighted by Gasteiger charge is 2.28. The van der Waals surface area contributed by atoms with Crippen LogP contribution < -0.4 is 15.2 Å². The van der Waals surface area contributed by atoms with Crippen molar-refractivity contribution in [2.24, 2.45) is 11.7 Å². The van der Waals surface area contributed by atoms with Gasteiger partial charge in [-0.05, 0) is 38.4 Å². The van der Waals surface area contributed by atoms with Crippen LogP contribution in [0.1, 0.15) is 19.8 Å². The third kappa shape index (κ3) is 5.91. The first-order valence-electron chi connectivity index (χ1n) is 9.11. The van der Waals surface area contributed by atoms with Gasteiger partial charge in [-0.25, -0.2) is 0 Å². The van der Waals surface area contributed by atoms with Gasteiger partial charge in [0.15, 0.2) is 11.5 Å². The zero-order chi connectivity index (χ0) is 18.9. The summed E-state index contributed by atoms with van der Waals surface area (Å²) in [4.78, 5) is 27.4. The maximum Gasteiger partial charge on any atom is 0.231 e. The Hall–Kier alpha value is -2.28. The second-order valence-corrected chi connectivity index (χ2v) is 6.53. The lowest BCUT2D eigenvalue weighted by Gasteiger charge is -2.33. The number of amides is 2. The number of primary amides is 1. The molecular formula is C19H29N3O4. The molecule has 1 heterocycles. The van der Waals surface area contributed by atoms with Crippen molar-refractivity contribution in [3.63, 3.8) is 0 Å². The Morgan fingerprint density at radius 3 is 2.62 bits per heavy atom. The lowest BCUT2D eigenvalue weighted by Crippen LogP contribution is -2.46. The maximum atomic E-state index is 12.6. The van der Waals surface area contributed by atoms with Crippen molar-refractivity contribution in [2.75, 3.05) is 46.4 Å². The molecule has 0 saturated carbocycles. The minimum absolute atomic E-state index is 0.0841. The molecule has 0 aliphatic carbocycles. The van der Waals surface area contributed by atoms with Gasteiger partial charge in [0.05, 0.1) is 25.6 Å². The van der Waals surface area contributed by atoms with Crippen molar-refractivity contribution in [1.29, 1.82) is 0 Å². The molecule has 1 unspecified atom stereocenters. The van der Waals surface area contributed by atoms with Gasteiger partial charge in [-0.15, -0.1) is 0 Å². The van der Waals surface area contributed by atoms with Gasteiger partial charge in [0.1, 0.15) is 6.61 Å². The summed E-state index contributed by atoms with van der Waals surface area (Å²) in [7, 11) is 1.78. The molecule has 26 heavy (non-hydrogen) atoms. The summed E-state index contributed by atoms with van der Waals surface area (Å²) in [5.41, 5.74) is 5.26. The fourth-order valence-corrected chi connectivity index (χ4v) is 3.18. The van der Waals surface area contributed by atoms with E-state index >= 15 is 0 Å². The number of piperidine rings is 1. The van der Waals surface area contributed by atoms with Crippen LogP contribution in [0.15, 0.2) is 24.3 Å². The van der Waals surface area contributed by atoms with Gasteiger partial charge >= 0.3 is 0 Å². The number of nitrogens with zero attached hydrogens (tertiary/aromatic N) is 2. The Balaban J connectivity index is 1.81. The van der Waals surface area contributed by atoms with E-state index < -0.39 is 0 Å². The molecule has 2 amide bonds. The van der Waals surface area contributed by atoms with Crippen molar-refractivity contribution >= 4 is 11.8 Å². The molecule has 1 fully saturated rings. The van der Waals surface area contributed by atoms with Crippen LogP contribution in [0, 0.1) is 5.92 Å². The molecule has 7 nitrogen and oxygen atoms in total. The summed E-state index contributed by atoms with van der Waals surface area (Å²) in [5.74, 6) is 1.02. The molecule has 1 aliphatic heterocycles. The normalized spacial score (nSPS) is 17.5. The van der Waals surface area contributed by atoms with Crippen LogP contribution in [0.25, 0.3) is 0 Å². The first kappa shape index (κ1) is 20.0. The highest BCUT2D eigenvalue weighted by atomic mass is 16.5. The average Bonchev–Trinajstić information content (AvgIpc) is 2.62. The lowest BCUT2D eigenvalue weighted by molar-refractivity contribution is -0.137. The van der Waals surface area contributed by atoms with Crippen LogP contribution in [-0.4, -0.2) is 68.1 Å². The second-order valence-electron chi connectivity index (χ2n) is 6.53. The quantitative estimate of drug-likeness (QED) is 0.711. The fourth-order valence-electron chi connectivity index (χ4n) is 3.18. The largest absolute Gasteiger partial charge is 0.490 e. The van der Waals surface area contributed by atoms with E-state index in [1.165, 1.54) is 0 Å². The smallest absolute Gasteiger partial charge is 0.231 e. The number of nitrogens with two attached hydrogens (primary N) is 1. The van der Waals surface area contributed by atoms with E-state index in [2.05, 4.69) is 0 Å². The van der Waals surface area contributed by atoms with Crippen LogP contribution >= 0.6 is 0 Å². The van der Waals surface area contributed by atoms with Gasteiger partial charge in [-0.3, -0.25) is 14.5 Å². The second kappa shape index (κ2) is 10.0. The highest BCUT2D eigenvalue weighted by molar-refractivity contribution is 5.79. The van der Waals surface area contributed by atoms with Crippen LogP contribution in [0.4, 0.5) is 0 Å². The van der Waals surface area contributed by atoms with Gasteiger partial charge < -0.3 is 20.1 Å². The monoisotopic (exact) mass is 363 g/mol. The molecule has 0 bridgehead atoms. The molecule has 144 valence electrons. The molecule has 1 saturated heterocycles.